The Kier molecular flexibility index (Phi) is 3.14. The molecule has 1 aromatic rings. The van der Waals surface area contributed by atoms with E-state index in [-0.39, 0.29) is 0 Å². The highest BCUT2D eigenvalue weighted by Crippen LogP contribution is 2.28. The van der Waals surface area contributed by atoms with Crippen LogP contribution in [-0.4, -0.2) is 12.6 Å². The van der Waals surface area contributed by atoms with Crippen LogP contribution in [0.3, 0.4) is 0 Å². The van der Waals surface area contributed by atoms with Crippen LogP contribution in [0.15, 0.2) is 18.2 Å². The smallest absolute Gasteiger partial charge is 0.101 e. The number of anilines is 1. The van der Waals surface area contributed by atoms with Crippen LogP contribution in [0.4, 0.5) is 5.69 Å². The second-order valence-corrected chi connectivity index (χ2v) is 4.67. The van der Waals surface area contributed by atoms with Gasteiger partial charge in [0.25, 0.3) is 0 Å². The van der Waals surface area contributed by atoms with Gasteiger partial charge in [0.15, 0.2) is 0 Å². The molecule has 0 amide bonds. The highest BCUT2D eigenvalue weighted by atomic mass is 15.2. The average molecular weight is 214 g/mol. The Morgan fingerprint density at radius 2 is 2.19 bits per heavy atom. The summed E-state index contributed by atoms with van der Waals surface area (Å²) in [5.74, 6) is 0. The third-order valence-corrected chi connectivity index (χ3v) is 3.38. The quantitative estimate of drug-likeness (QED) is 0.717. The van der Waals surface area contributed by atoms with Gasteiger partial charge in [-0.1, -0.05) is 6.07 Å². The van der Waals surface area contributed by atoms with E-state index < -0.39 is 0 Å². The number of benzene rings is 1. The summed E-state index contributed by atoms with van der Waals surface area (Å²) >= 11 is 0. The van der Waals surface area contributed by atoms with E-state index in [1.54, 1.807) is 0 Å². The number of aryl methyl sites for hydroxylation is 1. The van der Waals surface area contributed by atoms with Crippen LogP contribution in [0.2, 0.25) is 0 Å². The lowest BCUT2D eigenvalue weighted by Crippen LogP contribution is -2.37. The molecule has 2 nitrogen and oxygen atoms in total. The van der Waals surface area contributed by atoms with Gasteiger partial charge in [-0.05, 0) is 50.8 Å². The SMILES string of the molecule is Cc1ccc(N2CCCCC2C)c(C#N)c1. The summed E-state index contributed by atoms with van der Waals surface area (Å²) in [6, 6.07) is 9.04. The predicted molar refractivity (Wildman–Crippen MR) is 66.6 cm³/mol. The maximum absolute atomic E-state index is 9.18. The van der Waals surface area contributed by atoms with E-state index in [2.05, 4.69) is 30.0 Å². The van der Waals surface area contributed by atoms with Crippen LogP contribution in [0, 0.1) is 18.3 Å². The molecule has 1 atom stereocenters. The number of hydrogen-bond acceptors (Lipinski definition) is 2. The molecular formula is C14H18N2. The van der Waals surface area contributed by atoms with Crippen molar-refractivity contribution in [2.45, 2.75) is 39.2 Å². The summed E-state index contributed by atoms with van der Waals surface area (Å²) in [6.07, 6.45) is 3.78. The molecule has 0 spiro atoms. The molecule has 0 aliphatic carbocycles. The minimum atomic E-state index is 0.559. The number of hydrogen-bond donors (Lipinski definition) is 0. The zero-order valence-electron chi connectivity index (χ0n) is 10.0. The normalized spacial score (nSPS) is 20.6. The molecule has 2 rings (SSSR count). The molecule has 0 N–H and O–H groups in total. The maximum Gasteiger partial charge on any atom is 0.101 e. The third-order valence-electron chi connectivity index (χ3n) is 3.38. The van der Waals surface area contributed by atoms with Crippen molar-refractivity contribution in [3.05, 3.63) is 29.3 Å². The van der Waals surface area contributed by atoms with Gasteiger partial charge < -0.3 is 4.90 Å². The minimum absolute atomic E-state index is 0.559. The fourth-order valence-electron chi connectivity index (χ4n) is 2.45. The molecule has 0 saturated carbocycles. The van der Waals surface area contributed by atoms with E-state index in [0.717, 1.165) is 23.4 Å². The van der Waals surface area contributed by atoms with Crippen LogP contribution in [-0.2, 0) is 0 Å². The predicted octanol–water partition coefficient (Wildman–Crippen LogP) is 3.25. The average Bonchev–Trinajstić information content (AvgIpc) is 2.30. The van der Waals surface area contributed by atoms with E-state index in [4.69, 9.17) is 0 Å². The largest absolute Gasteiger partial charge is 0.368 e. The van der Waals surface area contributed by atoms with Crippen molar-refractivity contribution in [1.82, 2.24) is 0 Å². The number of piperidine rings is 1. The van der Waals surface area contributed by atoms with Crippen LogP contribution in [0.1, 0.15) is 37.3 Å². The first-order valence-corrected chi connectivity index (χ1v) is 6.00. The lowest BCUT2D eigenvalue weighted by molar-refractivity contribution is 0.484. The monoisotopic (exact) mass is 214 g/mol. The summed E-state index contributed by atoms with van der Waals surface area (Å²) in [7, 11) is 0. The van der Waals surface area contributed by atoms with E-state index in [9.17, 15) is 5.26 Å². The third kappa shape index (κ3) is 2.04. The molecule has 1 unspecified atom stereocenters. The van der Waals surface area contributed by atoms with Crippen LogP contribution < -0.4 is 4.90 Å². The van der Waals surface area contributed by atoms with Crippen LogP contribution in [0.5, 0.6) is 0 Å². The van der Waals surface area contributed by atoms with Crippen molar-refractivity contribution in [3.63, 3.8) is 0 Å². The molecule has 16 heavy (non-hydrogen) atoms. The Morgan fingerprint density at radius 3 is 2.88 bits per heavy atom. The van der Waals surface area contributed by atoms with Gasteiger partial charge in [0, 0.05) is 12.6 Å². The molecule has 84 valence electrons. The highest BCUT2D eigenvalue weighted by Gasteiger charge is 2.20. The van der Waals surface area contributed by atoms with Crippen molar-refractivity contribution < 1.29 is 0 Å². The number of nitriles is 1. The molecule has 1 fully saturated rings. The summed E-state index contributed by atoms with van der Waals surface area (Å²) in [5.41, 5.74) is 3.08. The Labute approximate surface area is 97.5 Å². The van der Waals surface area contributed by atoms with Gasteiger partial charge in [-0.25, -0.2) is 0 Å². The number of nitrogens with zero attached hydrogens (tertiary/aromatic N) is 2. The zero-order chi connectivity index (χ0) is 11.5. The van der Waals surface area contributed by atoms with Crippen molar-refractivity contribution >= 4 is 5.69 Å². The van der Waals surface area contributed by atoms with Gasteiger partial charge in [-0.2, -0.15) is 5.26 Å². The van der Waals surface area contributed by atoms with Gasteiger partial charge in [0.05, 0.1) is 11.3 Å². The first kappa shape index (κ1) is 11.0. The Bertz CT molecular complexity index is 417. The van der Waals surface area contributed by atoms with E-state index >= 15 is 0 Å². The maximum atomic E-state index is 9.18. The Morgan fingerprint density at radius 1 is 1.38 bits per heavy atom. The summed E-state index contributed by atoms with van der Waals surface area (Å²) < 4.78 is 0. The van der Waals surface area contributed by atoms with E-state index in [1.807, 2.05) is 13.0 Å². The molecule has 0 bridgehead atoms. The van der Waals surface area contributed by atoms with Crippen molar-refractivity contribution in [1.29, 1.82) is 5.26 Å². The molecule has 0 radical (unpaired) electrons. The molecule has 1 aliphatic heterocycles. The lowest BCUT2D eigenvalue weighted by atomic mass is 10.0. The lowest BCUT2D eigenvalue weighted by Gasteiger charge is -2.36. The first-order chi connectivity index (χ1) is 7.72. The Balaban J connectivity index is 2.35. The second-order valence-electron chi connectivity index (χ2n) is 4.67. The molecule has 1 heterocycles. The van der Waals surface area contributed by atoms with Gasteiger partial charge in [-0.15, -0.1) is 0 Å². The highest BCUT2D eigenvalue weighted by molar-refractivity contribution is 5.61. The topological polar surface area (TPSA) is 27.0 Å². The van der Waals surface area contributed by atoms with Gasteiger partial charge >= 0.3 is 0 Å². The molecule has 0 aromatic heterocycles. The number of rotatable bonds is 1. The van der Waals surface area contributed by atoms with Crippen molar-refractivity contribution in [3.8, 4) is 6.07 Å². The molecular weight excluding hydrogens is 196 g/mol. The van der Waals surface area contributed by atoms with Gasteiger partial charge in [0.2, 0.25) is 0 Å². The fourth-order valence-corrected chi connectivity index (χ4v) is 2.45. The molecule has 1 saturated heterocycles. The molecule has 1 aromatic carbocycles. The molecule has 2 heteroatoms. The Hall–Kier alpha value is -1.49. The van der Waals surface area contributed by atoms with Crippen LogP contribution >= 0.6 is 0 Å². The van der Waals surface area contributed by atoms with Gasteiger partial charge in [-0.3, -0.25) is 0 Å². The van der Waals surface area contributed by atoms with Gasteiger partial charge in [0.1, 0.15) is 6.07 Å². The second kappa shape index (κ2) is 4.57. The summed E-state index contributed by atoms with van der Waals surface area (Å²) in [6.45, 7) is 5.36. The summed E-state index contributed by atoms with van der Waals surface area (Å²) in [4.78, 5) is 2.38. The van der Waals surface area contributed by atoms with E-state index in [0.29, 0.717) is 6.04 Å². The first-order valence-electron chi connectivity index (χ1n) is 6.00. The van der Waals surface area contributed by atoms with Crippen molar-refractivity contribution in [2.75, 3.05) is 11.4 Å². The fraction of sp³-hybridized carbons (Fsp3) is 0.500. The standard InChI is InChI=1S/C14H18N2/c1-11-6-7-14(13(9-11)10-15)16-8-4-3-5-12(16)2/h6-7,9,12H,3-5,8H2,1-2H3. The minimum Gasteiger partial charge on any atom is -0.368 e. The molecule has 1 aliphatic rings. The van der Waals surface area contributed by atoms with E-state index in [1.165, 1.54) is 19.3 Å². The van der Waals surface area contributed by atoms with Crippen molar-refractivity contribution in [2.24, 2.45) is 0 Å². The van der Waals surface area contributed by atoms with Crippen LogP contribution in [0.25, 0.3) is 0 Å². The zero-order valence-corrected chi connectivity index (χ0v) is 10.0. The summed E-state index contributed by atoms with van der Waals surface area (Å²) in [5, 5.41) is 9.18.